The summed E-state index contributed by atoms with van der Waals surface area (Å²) in [6, 6.07) is 15.8. The van der Waals surface area contributed by atoms with Crippen molar-refractivity contribution in [3.63, 3.8) is 0 Å². The number of benzene rings is 2. The van der Waals surface area contributed by atoms with Gasteiger partial charge in [0.05, 0.1) is 0 Å². The predicted octanol–water partition coefficient (Wildman–Crippen LogP) is 2.92. The van der Waals surface area contributed by atoms with Crippen LogP contribution in [0.2, 0.25) is 0 Å². The van der Waals surface area contributed by atoms with E-state index in [2.05, 4.69) is 12.1 Å². The Bertz CT molecular complexity index is 832. The fourth-order valence-corrected chi connectivity index (χ4v) is 4.29. The summed E-state index contributed by atoms with van der Waals surface area (Å²) in [5.41, 5.74) is 8.85. The smallest absolute Gasteiger partial charge is 0.323 e. The van der Waals surface area contributed by atoms with E-state index in [0.29, 0.717) is 6.42 Å². The summed E-state index contributed by atoms with van der Waals surface area (Å²) in [5, 5.41) is 9.60. The van der Waals surface area contributed by atoms with E-state index >= 15 is 0 Å². The van der Waals surface area contributed by atoms with Gasteiger partial charge >= 0.3 is 11.9 Å². The summed E-state index contributed by atoms with van der Waals surface area (Å²) in [4.78, 5) is 24.4. The minimum absolute atomic E-state index is 0.0766. The molecule has 0 heterocycles. The lowest BCUT2D eigenvalue weighted by Crippen LogP contribution is -2.40. The first kappa shape index (κ1) is 16.8. The summed E-state index contributed by atoms with van der Waals surface area (Å²) in [7, 11) is 0. The predicted molar refractivity (Wildman–Crippen MR) is 96.6 cm³/mol. The Morgan fingerprint density at radius 2 is 1.65 bits per heavy atom. The molecule has 0 radical (unpaired) electrons. The van der Waals surface area contributed by atoms with Crippen LogP contribution in [0.25, 0.3) is 11.1 Å². The summed E-state index contributed by atoms with van der Waals surface area (Å²) in [6.07, 6.45) is 0.898. The van der Waals surface area contributed by atoms with Crippen molar-refractivity contribution in [2.75, 3.05) is 6.61 Å². The number of hydrogen-bond donors (Lipinski definition) is 2. The molecule has 2 atom stereocenters. The lowest BCUT2D eigenvalue weighted by atomic mass is 9.86. The monoisotopic (exact) mass is 351 g/mol. The highest BCUT2D eigenvalue weighted by molar-refractivity contribution is 5.99. The number of ether oxygens (including phenoxy) is 1. The molecular formula is C21H21NO4. The van der Waals surface area contributed by atoms with Gasteiger partial charge in [-0.3, -0.25) is 9.59 Å². The molecule has 2 aliphatic rings. The molecule has 0 amide bonds. The molecule has 4 rings (SSSR count). The van der Waals surface area contributed by atoms with Gasteiger partial charge in [-0.05, 0) is 41.5 Å². The van der Waals surface area contributed by atoms with Crippen LogP contribution >= 0.6 is 0 Å². The van der Waals surface area contributed by atoms with Crippen LogP contribution in [-0.2, 0) is 14.3 Å². The molecule has 5 nitrogen and oxygen atoms in total. The van der Waals surface area contributed by atoms with Crippen LogP contribution in [0.3, 0.4) is 0 Å². The van der Waals surface area contributed by atoms with E-state index in [9.17, 15) is 14.7 Å². The third-order valence-corrected chi connectivity index (χ3v) is 5.70. The first-order valence-electron chi connectivity index (χ1n) is 8.87. The van der Waals surface area contributed by atoms with Crippen LogP contribution in [0.5, 0.6) is 0 Å². The fraction of sp³-hybridized carbons (Fsp3) is 0.333. The Balaban J connectivity index is 1.58. The number of carboxylic acids is 1. The van der Waals surface area contributed by atoms with E-state index in [1.165, 1.54) is 0 Å². The summed E-state index contributed by atoms with van der Waals surface area (Å²) in [6.45, 7) is 0.136. The molecule has 2 aromatic rings. The van der Waals surface area contributed by atoms with Crippen molar-refractivity contribution < 1.29 is 19.4 Å². The minimum Gasteiger partial charge on any atom is -0.480 e. The molecule has 2 aromatic carbocycles. The quantitative estimate of drug-likeness (QED) is 0.653. The third kappa shape index (κ3) is 2.51. The van der Waals surface area contributed by atoms with Crippen molar-refractivity contribution in [2.24, 2.45) is 11.1 Å². The average molecular weight is 351 g/mol. The van der Waals surface area contributed by atoms with Crippen LogP contribution in [-0.4, -0.2) is 29.7 Å². The van der Waals surface area contributed by atoms with Gasteiger partial charge in [0.15, 0.2) is 5.41 Å². The summed E-state index contributed by atoms with van der Waals surface area (Å²) < 4.78 is 5.56. The molecule has 0 aliphatic heterocycles. The normalized spacial score (nSPS) is 24.1. The molecule has 0 bridgehead atoms. The van der Waals surface area contributed by atoms with E-state index in [-0.39, 0.29) is 31.4 Å². The van der Waals surface area contributed by atoms with E-state index < -0.39 is 17.4 Å². The van der Waals surface area contributed by atoms with Crippen molar-refractivity contribution in [2.45, 2.75) is 31.2 Å². The molecule has 2 aliphatic carbocycles. The van der Waals surface area contributed by atoms with Crippen LogP contribution < -0.4 is 5.73 Å². The molecule has 3 N–H and O–H groups in total. The number of carbonyl (C=O) groups is 2. The second-order valence-electron chi connectivity index (χ2n) is 7.22. The van der Waals surface area contributed by atoms with E-state index in [0.717, 1.165) is 22.3 Å². The zero-order chi connectivity index (χ0) is 18.3. The van der Waals surface area contributed by atoms with Gasteiger partial charge in [0, 0.05) is 12.0 Å². The number of hydrogen-bond acceptors (Lipinski definition) is 4. The second-order valence-corrected chi connectivity index (χ2v) is 7.22. The highest BCUT2D eigenvalue weighted by Gasteiger charge is 2.52. The lowest BCUT2D eigenvalue weighted by Gasteiger charge is -2.23. The molecule has 5 heteroatoms. The van der Waals surface area contributed by atoms with E-state index in [1.807, 2.05) is 36.4 Å². The number of aliphatic carboxylic acids is 1. The maximum Gasteiger partial charge on any atom is 0.323 e. The summed E-state index contributed by atoms with van der Waals surface area (Å²) >= 11 is 0. The maximum atomic E-state index is 12.7. The average Bonchev–Trinajstić information content (AvgIpc) is 3.19. The summed E-state index contributed by atoms with van der Waals surface area (Å²) in [5.74, 6) is -1.88. The molecule has 134 valence electrons. The van der Waals surface area contributed by atoms with Gasteiger partial charge in [-0.2, -0.15) is 0 Å². The highest BCUT2D eigenvalue weighted by atomic mass is 16.5. The molecule has 1 fully saturated rings. The first-order valence-corrected chi connectivity index (χ1v) is 8.87. The molecule has 0 saturated heterocycles. The Morgan fingerprint density at radius 3 is 2.15 bits per heavy atom. The molecule has 26 heavy (non-hydrogen) atoms. The molecule has 0 aromatic heterocycles. The molecule has 0 spiro atoms. The minimum atomic E-state index is -1.50. The zero-order valence-corrected chi connectivity index (χ0v) is 14.4. The van der Waals surface area contributed by atoms with E-state index in [4.69, 9.17) is 10.5 Å². The van der Waals surface area contributed by atoms with Gasteiger partial charge in [0.2, 0.25) is 0 Å². The second kappa shape index (κ2) is 6.25. The van der Waals surface area contributed by atoms with Gasteiger partial charge in [0.25, 0.3) is 0 Å². The van der Waals surface area contributed by atoms with Crippen molar-refractivity contribution in [3.05, 3.63) is 59.7 Å². The van der Waals surface area contributed by atoms with Crippen molar-refractivity contribution >= 4 is 11.9 Å². The van der Waals surface area contributed by atoms with Crippen LogP contribution in [0.15, 0.2) is 48.5 Å². The number of fused-ring (bicyclic) bond motifs is 3. The van der Waals surface area contributed by atoms with Gasteiger partial charge in [-0.1, -0.05) is 48.5 Å². The maximum absolute atomic E-state index is 12.7. The van der Waals surface area contributed by atoms with Gasteiger partial charge < -0.3 is 15.6 Å². The van der Waals surface area contributed by atoms with E-state index in [1.54, 1.807) is 0 Å². The number of carbonyl (C=O) groups excluding carboxylic acids is 1. The first-order chi connectivity index (χ1) is 12.5. The van der Waals surface area contributed by atoms with Crippen LogP contribution in [0.1, 0.15) is 36.3 Å². The van der Waals surface area contributed by atoms with Gasteiger partial charge in [0.1, 0.15) is 6.61 Å². The lowest BCUT2D eigenvalue weighted by molar-refractivity contribution is -0.168. The Labute approximate surface area is 151 Å². The largest absolute Gasteiger partial charge is 0.480 e. The van der Waals surface area contributed by atoms with Crippen LogP contribution in [0, 0.1) is 5.41 Å². The Kier molecular flexibility index (Phi) is 4.04. The number of rotatable bonds is 4. The van der Waals surface area contributed by atoms with Gasteiger partial charge in [-0.25, -0.2) is 0 Å². The SMILES string of the molecule is N[C@@H]1CC[C@](C(=O)O)(C(=O)OCC2c3ccccc3-c3ccccc32)C1. The fourth-order valence-electron chi connectivity index (χ4n) is 4.29. The van der Waals surface area contributed by atoms with Crippen LogP contribution in [0.4, 0.5) is 0 Å². The standard InChI is InChI=1S/C21H21NO4/c22-13-9-10-21(11-13,19(23)24)20(25)26-12-18-16-7-3-1-5-14(16)15-6-2-4-8-17(15)18/h1-8,13,18H,9-12,22H2,(H,23,24)/t13-,21+/m1/s1. The number of esters is 1. The third-order valence-electron chi connectivity index (χ3n) is 5.70. The van der Waals surface area contributed by atoms with Crippen molar-refractivity contribution in [3.8, 4) is 11.1 Å². The Morgan fingerprint density at radius 1 is 1.08 bits per heavy atom. The number of nitrogens with two attached hydrogens (primary N) is 1. The molecule has 0 unspecified atom stereocenters. The Hall–Kier alpha value is -2.66. The highest BCUT2D eigenvalue weighted by Crippen LogP contribution is 2.45. The zero-order valence-electron chi connectivity index (χ0n) is 14.4. The molecule has 1 saturated carbocycles. The number of carboxylic acid groups (broad SMARTS) is 1. The molecular weight excluding hydrogens is 330 g/mol. The van der Waals surface area contributed by atoms with Crippen molar-refractivity contribution in [1.82, 2.24) is 0 Å². The van der Waals surface area contributed by atoms with Crippen molar-refractivity contribution in [1.29, 1.82) is 0 Å². The van der Waals surface area contributed by atoms with Gasteiger partial charge in [-0.15, -0.1) is 0 Å². The topological polar surface area (TPSA) is 89.6 Å².